The maximum absolute atomic E-state index is 11.0. The Kier molecular flexibility index (Phi) is 2.45. The lowest BCUT2D eigenvalue weighted by molar-refractivity contribution is -0.164. The monoisotopic (exact) mass is 158 g/mol. The molecule has 5 heteroatoms. The van der Waals surface area contributed by atoms with Gasteiger partial charge in [-0.3, -0.25) is 0 Å². The molecule has 0 aromatic heterocycles. The zero-order valence-electron chi connectivity index (χ0n) is 6.19. The van der Waals surface area contributed by atoms with Gasteiger partial charge in [0.1, 0.15) is 6.26 Å². The summed E-state index contributed by atoms with van der Waals surface area (Å²) in [6.07, 6.45) is 2.87. The third-order valence-electron chi connectivity index (χ3n) is 1.25. The molecule has 0 aliphatic carbocycles. The molecule has 11 heavy (non-hydrogen) atoms. The predicted molar refractivity (Wildman–Crippen MR) is 36.7 cm³/mol. The maximum Gasteiger partial charge on any atom is 0.332 e. The van der Waals surface area contributed by atoms with Crippen LogP contribution < -0.4 is 5.84 Å². The lowest BCUT2D eigenvalue weighted by Crippen LogP contribution is -2.41. The van der Waals surface area contributed by atoms with E-state index in [1.165, 1.54) is 12.3 Å². The van der Waals surface area contributed by atoms with Crippen molar-refractivity contribution >= 4 is 5.97 Å². The molecule has 0 bridgehead atoms. The third kappa shape index (κ3) is 1.69. The van der Waals surface area contributed by atoms with Gasteiger partial charge in [0.05, 0.1) is 6.61 Å². The zero-order chi connectivity index (χ0) is 8.27. The van der Waals surface area contributed by atoms with E-state index in [4.69, 9.17) is 10.6 Å². The van der Waals surface area contributed by atoms with Crippen molar-refractivity contribution in [1.82, 2.24) is 5.17 Å². The molecule has 0 saturated heterocycles. The normalized spacial score (nSPS) is 23.3. The number of hydrogen-bond acceptors (Lipinski definition) is 5. The van der Waals surface area contributed by atoms with Crippen molar-refractivity contribution in [1.29, 1.82) is 0 Å². The van der Waals surface area contributed by atoms with Gasteiger partial charge in [0, 0.05) is 0 Å². The van der Waals surface area contributed by atoms with Gasteiger partial charge in [-0.05, 0) is 13.0 Å². The van der Waals surface area contributed by atoms with Crippen LogP contribution in [0.2, 0.25) is 0 Å². The molecule has 0 fully saturated rings. The van der Waals surface area contributed by atoms with Gasteiger partial charge in [-0.2, -0.15) is 0 Å². The number of nitrogens with two attached hydrogens (primary N) is 1. The standard InChI is InChI=1S/C6H10N2O3/c1-2-10-6(9)5-3-4-11-8(5)7/h3-5H,2,7H2,1H3. The number of nitrogens with zero attached hydrogens (tertiary/aromatic N) is 1. The first-order valence-electron chi connectivity index (χ1n) is 3.29. The fourth-order valence-electron chi connectivity index (χ4n) is 0.740. The van der Waals surface area contributed by atoms with E-state index in [2.05, 4.69) is 4.84 Å². The summed E-state index contributed by atoms with van der Waals surface area (Å²) >= 11 is 0. The molecule has 1 atom stereocenters. The average molecular weight is 158 g/mol. The first-order valence-corrected chi connectivity index (χ1v) is 3.29. The Morgan fingerprint density at radius 2 is 2.64 bits per heavy atom. The molecule has 1 rings (SSSR count). The highest BCUT2D eigenvalue weighted by Crippen LogP contribution is 2.07. The van der Waals surface area contributed by atoms with Crippen LogP contribution in [-0.4, -0.2) is 23.8 Å². The van der Waals surface area contributed by atoms with Crippen molar-refractivity contribution in [3.05, 3.63) is 12.3 Å². The molecule has 62 valence electrons. The summed E-state index contributed by atoms with van der Waals surface area (Å²) in [5.74, 6) is 4.86. The highest BCUT2D eigenvalue weighted by atomic mass is 16.7. The Bertz CT molecular complexity index is 181. The number of carbonyl (C=O) groups excluding carboxylic acids is 1. The number of hydrazine groups is 1. The molecule has 0 radical (unpaired) electrons. The second-order valence-corrected chi connectivity index (χ2v) is 1.99. The van der Waals surface area contributed by atoms with Crippen LogP contribution in [-0.2, 0) is 14.4 Å². The van der Waals surface area contributed by atoms with E-state index >= 15 is 0 Å². The Hall–Kier alpha value is -1.07. The Labute approximate surface area is 64.3 Å². The molecule has 0 amide bonds. The summed E-state index contributed by atoms with van der Waals surface area (Å²) < 4.78 is 4.70. The van der Waals surface area contributed by atoms with E-state index in [0.29, 0.717) is 6.61 Å². The maximum atomic E-state index is 11.0. The van der Waals surface area contributed by atoms with Crippen molar-refractivity contribution in [2.75, 3.05) is 6.61 Å². The van der Waals surface area contributed by atoms with Gasteiger partial charge in [-0.1, -0.05) is 5.17 Å². The molecule has 0 aromatic carbocycles. The summed E-state index contributed by atoms with van der Waals surface area (Å²) in [6.45, 7) is 2.08. The molecular weight excluding hydrogens is 148 g/mol. The molecule has 5 nitrogen and oxygen atoms in total. The average Bonchev–Trinajstić information content (AvgIpc) is 2.36. The van der Waals surface area contributed by atoms with Crippen LogP contribution >= 0.6 is 0 Å². The molecule has 0 aromatic rings. The van der Waals surface area contributed by atoms with Crippen molar-refractivity contribution in [2.45, 2.75) is 13.0 Å². The number of ether oxygens (including phenoxy) is 1. The van der Waals surface area contributed by atoms with Crippen molar-refractivity contribution in [3.8, 4) is 0 Å². The SMILES string of the molecule is CCOC(=O)C1C=CON1N. The predicted octanol–water partition coefficient (Wildman–Crippen LogP) is -0.447. The summed E-state index contributed by atoms with van der Waals surface area (Å²) in [4.78, 5) is 15.6. The highest BCUT2D eigenvalue weighted by molar-refractivity contribution is 5.78. The van der Waals surface area contributed by atoms with E-state index in [0.717, 1.165) is 5.17 Å². The van der Waals surface area contributed by atoms with Crippen molar-refractivity contribution in [2.24, 2.45) is 5.84 Å². The van der Waals surface area contributed by atoms with Gasteiger partial charge >= 0.3 is 5.97 Å². The number of hydrogen-bond donors (Lipinski definition) is 1. The molecule has 1 heterocycles. The molecule has 0 saturated carbocycles. The van der Waals surface area contributed by atoms with Gasteiger partial charge in [0.2, 0.25) is 0 Å². The minimum atomic E-state index is -0.602. The number of esters is 1. The molecular formula is C6H10N2O3. The van der Waals surface area contributed by atoms with Crippen LogP contribution in [0.3, 0.4) is 0 Å². The van der Waals surface area contributed by atoms with Crippen LogP contribution in [0.15, 0.2) is 12.3 Å². The molecule has 2 N–H and O–H groups in total. The third-order valence-corrected chi connectivity index (χ3v) is 1.25. The van der Waals surface area contributed by atoms with Crippen LogP contribution in [0.1, 0.15) is 6.92 Å². The Balaban J connectivity index is 2.46. The number of rotatable bonds is 2. The van der Waals surface area contributed by atoms with Crippen LogP contribution in [0.25, 0.3) is 0 Å². The van der Waals surface area contributed by atoms with Crippen molar-refractivity contribution < 1.29 is 14.4 Å². The van der Waals surface area contributed by atoms with Gasteiger partial charge in [-0.25, -0.2) is 10.6 Å². The summed E-state index contributed by atoms with van der Waals surface area (Å²) in [7, 11) is 0. The van der Waals surface area contributed by atoms with E-state index in [-0.39, 0.29) is 0 Å². The smallest absolute Gasteiger partial charge is 0.332 e. The van der Waals surface area contributed by atoms with Gasteiger partial charge in [-0.15, -0.1) is 0 Å². The van der Waals surface area contributed by atoms with Crippen LogP contribution in [0, 0.1) is 0 Å². The zero-order valence-corrected chi connectivity index (χ0v) is 6.19. The largest absolute Gasteiger partial charge is 0.464 e. The first kappa shape index (κ1) is 8.03. The fourth-order valence-corrected chi connectivity index (χ4v) is 0.740. The molecule has 1 aliphatic rings. The lowest BCUT2D eigenvalue weighted by atomic mass is 10.3. The van der Waals surface area contributed by atoms with E-state index in [9.17, 15) is 4.79 Å². The minimum absolute atomic E-state index is 0.344. The van der Waals surface area contributed by atoms with Crippen molar-refractivity contribution in [3.63, 3.8) is 0 Å². The van der Waals surface area contributed by atoms with Gasteiger partial charge in [0.25, 0.3) is 0 Å². The summed E-state index contributed by atoms with van der Waals surface area (Å²) in [5.41, 5.74) is 0. The van der Waals surface area contributed by atoms with Crippen LogP contribution in [0.4, 0.5) is 0 Å². The van der Waals surface area contributed by atoms with E-state index < -0.39 is 12.0 Å². The van der Waals surface area contributed by atoms with Crippen LogP contribution in [0.5, 0.6) is 0 Å². The quantitative estimate of drug-likeness (QED) is 0.435. The topological polar surface area (TPSA) is 64.8 Å². The summed E-state index contributed by atoms with van der Waals surface area (Å²) in [6, 6.07) is -0.602. The Morgan fingerprint density at radius 3 is 3.09 bits per heavy atom. The molecule has 0 spiro atoms. The minimum Gasteiger partial charge on any atom is -0.464 e. The fraction of sp³-hybridized carbons (Fsp3) is 0.500. The lowest BCUT2D eigenvalue weighted by Gasteiger charge is -2.14. The first-order chi connectivity index (χ1) is 5.25. The molecule has 1 aliphatic heterocycles. The van der Waals surface area contributed by atoms with E-state index in [1.807, 2.05) is 0 Å². The number of hydroxylamine groups is 1. The van der Waals surface area contributed by atoms with Gasteiger partial charge < -0.3 is 9.57 Å². The van der Waals surface area contributed by atoms with Gasteiger partial charge in [0.15, 0.2) is 6.04 Å². The second kappa shape index (κ2) is 3.36. The Morgan fingerprint density at radius 1 is 1.91 bits per heavy atom. The molecule has 1 unspecified atom stereocenters. The van der Waals surface area contributed by atoms with E-state index in [1.54, 1.807) is 6.92 Å². The second-order valence-electron chi connectivity index (χ2n) is 1.99. The number of carbonyl (C=O) groups is 1. The summed E-state index contributed by atoms with van der Waals surface area (Å²) in [5, 5.41) is 0.942. The highest BCUT2D eigenvalue weighted by Gasteiger charge is 2.27.